The van der Waals surface area contributed by atoms with E-state index >= 15 is 0 Å². The molecule has 2 atom stereocenters. The van der Waals surface area contributed by atoms with Gasteiger partial charge >= 0.3 is 18.0 Å². The normalized spacial score (nSPS) is 21.4. The highest BCUT2D eigenvalue weighted by Crippen LogP contribution is 2.28. The van der Waals surface area contributed by atoms with Crippen LogP contribution in [0.15, 0.2) is 0 Å². The molecule has 1 saturated heterocycles. The van der Waals surface area contributed by atoms with Crippen molar-refractivity contribution < 1.29 is 33.0 Å². The van der Waals surface area contributed by atoms with E-state index in [2.05, 4.69) is 0 Å². The van der Waals surface area contributed by atoms with Gasteiger partial charge in [0.2, 0.25) is 0 Å². The molecule has 1 heterocycles. The van der Waals surface area contributed by atoms with Crippen molar-refractivity contribution >= 4 is 12.1 Å². The van der Waals surface area contributed by atoms with E-state index in [1.54, 1.807) is 20.8 Å². The molecule has 0 aromatic heterocycles. The van der Waals surface area contributed by atoms with Gasteiger partial charge in [0, 0.05) is 6.61 Å². The van der Waals surface area contributed by atoms with E-state index in [1.165, 1.54) is 0 Å². The highest BCUT2D eigenvalue weighted by atomic mass is 19.3. The molecule has 0 spiro atoms. The van der Waals surface area contributed by atoms with Gasteiger partial charge in [0.1, 0.15) is 11.6 Å². The Bertz CT molecular complexity index is 375. The lowest BCUT2D eigenvalue weighted by Crippen LogP contribution is -2.58. The number of hydrogen-bond donors (Lipinski definition) is 2. The minimum absolute atomic E-state index is 0.253. The summed E-state index contributed by atoms with van der Waals surface area (Å²) in [6, 6.07) is -1.96. The van der Waals surface area contributed by atoms with Gasteiger partial charge in [-0.15, -0.1) is 0 Å². The molecule has 0 aliphatic carbocycles. The number of nitrogens with one attached hydrogen (secondary N) is 1. The van der Waals surface area contributed by atoms with E-state index in [-0.39, 0.29) is 13.0 Å². The Morgan fingerprint density at radius 1 is 1.40 bits per heavy atom. The zero-order valence-electron chi connectivity index (χ0n) is 11.6. The van der Waals surface area contributed by atoms with Crippen molar-refractivity contribution in [2.45, 2.75) is 57.3 Å². The van der Waals surface area contributed by atoms with E-state index in [9.17, 15) is 18.4 Å². The topological polar surface area (TPSA) is 84.9 Å². The van der Waals surface area contributed by atoms with Crippen molar-refractivity contribution in [1.82, 2.24) is 5.32 Å². The molecule has 0 radical (unpaired) electrons. The van der Waals surface area contributed by atoms with Crippen LogP contribution in [0.3, 0.4) is 0 Å². The smallest absolute Gasteiger partial charge is 0.408 e. The van der Waals surface area contributed by atoms with Crippen LogP contribution in [0.1, 0.15) is 33.6 Å². The first-order valence-electron chi connectivity index (χ1n) is 6.26. The molecule has 1 aliphatic rings. The molecule has 6 nitrogen and oxygen atoms in total. The molecule has 20 heavy (non-hydrogen) atoms. The maximum atomic E-state index is 13.7. The molecule has 116 valence electrons. The fourth-order valence-electron chi connectivity index (χ4n) is 1.85. The minimum atomic E-state index is -4.13. The second kappa shape index (κ2) is 5.90. The third-order valence-electron chi connectivity index (χ3n) is 2.68. The van der Waals surface area contributed by atoms with Crippen molar-refractivity contribution in [2.75, 3.05) is 6.61 Å². The van der Waals surface area contributed by atoms with Gasteiger partial charge in [0.05, 0.1) is 6.10 Å². The highest BCUT2D eigenvalue weighted by Gasteiger charge is 2.53. The zero-order valence-corrected chi connectivity index (χ0v) is 11.6. The van der Waals surface area contributed by atoms with Crippen LogP contribution < -0.4 is 5.32 Å². The third-order valence-corrected chi connectivity index (χ3v) is 2.68. The van der Waals surface area contributed by atoms with E-state index in [4.69, 9.17) is 14.6 Å². The number of rotatable bonds is 4. The molecule has 0 aromatic rings. The summed E-state index contributed by atoms with van der Waals surface area (Å²) in [4.78, 5) is 22.3. The average Bonchev–Trinajstić information content (AvgIpc) is 2.75. The number of ether oxygens (including phenoxy) is 2. The van der Waals surface area contributed by atoms with E-state index in [1.807, 2.05) is 5.32 Å². The molecule has 1 aliphatic heterocycles. The number of hydrogen-bond acceptors (Lipinski definition) is 4. The van der Waals surface area contributed by atoms with Gasteiger partial charge in [-0.2, -0.15) is 8.78 Å². The molecule has 8 heteroatoms. The summed E-state index contributed by atoms with van der Waals surface area (Å²) in [5.74, 6) is -6.44. The summed E-state index contributed by atoms with van der Waals surface area (Å²) in [6.45, 7) is 4.97. The number of carbonyl (C=O) groups excluding carboxylic acids is 1. The monoisotopic (exact) mass is 295 g/mol. The van der Waals surface area contributed by atoms with E-state index in [0.29, 0.717) is 6.42 Å². The lowest BCUT2D eigenvalue weighted by atomic mass is 10.0. The maximum Gasteiger partial charge on any atom is 0.408 e. The summed E-state index contributed by atoms with van der Waals surface area (Å²) in [7, 11) is 0. The number of alkyl carbamates (subject to hydrolysis) is 1. The SMILES string of the molecule is CC(C)(C)OC(=O)NC(C1CCCO1)C(F)(F)C(=O)O. The Kier molecular flexibility index (Phi) is 4.90. The van der Waals surface area contributed by atoms with Gasteiger partial charge in [-0.3, -0.25) is 0 Å². The molecule has 0 aromatic carbocycles. The lowest BCUT2D eigenvalue weighted by Gasteiger charge is -2.30. The second-order valence-electron chi connectivity index (χ2n) is 5.60. The van der Waals surface area contributed by atoms with Gasteiger partial charge in [-0.05, 0) is 33.6 Å². The number of alkyl halides is 2. The minimum Gasteiger partial charge on any atom is -0.477 e. The van der Waals surface area contributed by atoms with Crippen molar-refractivity contribution in [3.05, 3.63) is 0 Å². The summed E-state index contributed by atoms with van der Waals surface area (Å²) < 4.78 is 37.4. The molecule has 0 saturated carbocycles. The highest BCUT2D eigenvalue weighted by molar-refractivity contribution is 5.78. The van der Waals surface area contributed by atoms with E-state index < -0.39 is 35.7 Å². The first kappa shape index (κ1) is 16.6. The zero-order chi connectivity index (χ0) is 15.6. The standard InChI is InChI=1S/C12H19F2NO5/c1-11(2,3)20-10(18)15-8(7-5-4-6-19-7)12(13,14)9(16)17/h7-8H,4-6H2,1-3H3,(H,15,18)(H,16,17). The number of carboxylic acids is 1. The number of halogens is 2. The fraction of sp³-hybridized carbons (Fsp3) is 0.833. The van der Waals surface area contributed by atoms with Crippen LogP contribution >= 0.6 is 0 Å². The number of carboxylic acid groups (broad SMARTS) is 1. The lowest BCUT2D eigenvalue weighted by molar-refractivity contribution is -0.174. The quantitative estimate of drug-likeness (QED) is 0.825. The van der Waals surface area contributed by atoms with Crippen LogP contribution in [-0.2, 0) is 14.3 Å². The fourth-order valence-corrected chi connectivity index (χ4v) is 1.85. The Balaban J connectivity index is 2.83. The largest absolute Gasteiger partial charge is 0.477 e. The van der Waals surface area contributed by atoms with Gasteiger partial charge < -0.3 is 19.9 Å². The Morgan fingerprint density at radius 3 is 2.40 bits per heavy atom. The van der Waals surface area contributed by atoms with Gasteiger partial charge in [0.25, 0.3) is 0 Å². The molecule has 1 fully saturated rings. The van der Waals surface area contributed by atoms with Crippen molar-refractivity contribution in [3.63, 3.8) is 0 Å². The first-order valence-corrected chi connectivity index (χ1v) is 6.26. The summed E-state index contributed by atoms with van der Waals surface area (Å²) in [5, 5.41) is 10.5. The van der Waals surface area contributed by atoms with Gasteiger partial charge in [-0.25, -0.2) is 9.59 Å². The predicted octanol–water partition coefficient (Wildman–Crippen LogP) is 1.78. The number of amides is 1. The molecular weight excluding hydrogens is 276 g/mol. The summed E-state index contributed by atoms with van der Waals surface area (Å²) in [5.41, 5.74) is -0.871. The van der Waals surface area contributed by atoms with Gasteiger partial charge in [0.15, 0.2) is 0 Å². The van der Waals surface area contributed by atoms with Crippen molar-refractivity contribution in [1.29, 1.82) is 0 Å². The molecular formula is C12H19F2NO5. The second-order valence-corrected chi connectivity index (χ2v) is 5.60. The van der Waals surface area contributed by atoms with Crippen LogP contribution in [0.4, 0.5) is 13.6 Å². The average molecular weight is 295 g/mol. The van der Waals surface area contributed by atoms with E-state index in [0.717, 1.165) is 0 Å². The molecule has 0 bridgehead atoms. The van der Waals surface area contributed by atoms with Crippen LogP contribution in [-0.4, -0.2) is 47.4 Å². The maximum absolute atomic E-state index is 13.7. The third kappa shape index (κ3) is 4.29. The Morgan fingerprint density at radius 2 is 2.00 bits per heavy atom. The molecule has 2 unspecified atom stereocenters. The number of carbonyl (C=O) groups is 2. The van der Waals surface area contributed by atoms with Crippen LogP contribution in [0.25, 0.3) is 0 Å². The van der Waals surface area contributed by atoms with Crippen molar-refractivity contribution in [2.24, 2.45) is 0 Å². The molecule has 1 rings (SSSR count). The Labute approximate surface area is 115 Å². The molecule has 1 amide bonds. The summed E-state index contributed by atoms with van der Waals surface area (Å²) in [6.07, 6.45) is -1.36. The first-order chi connectivity index (χ1) is 9.04. The Hall–Kier alpha value is -1.44. The van der Waals surface area contributed by atoms with Crippen LogP contribution in [0, 0.1) is 0 Å². The van der Waals surface area contributed by atoms with Crippen molar-refractivity contribution in [3.8, 4) is 0 Å². The molecule has 2 N–H and O–H groups in total. The van der Waals surface area contributed by atoms with Crippen LogP contribution in [0.2, 0.25) is 0 Å². The number of aliphatic carboxylic acids is 1. The predicted molar refractivity (Wildman–Crippen MR) is 64.7 cm³/mol. The summed E-state index contributed by atoms with van der Waals surface area (Å²) >= 11 is 0. The van der Waals surface area contributed by atoms with Crippen LogP contribution in [0.5, 0.6) is 0 Å². The van der Waals surface area contributed by atoms with Gasteiger partial charge in [-0.1, -0.05) is 0 Å².